The summed E-state index contributed by atoms with van der Waals surface area (Å²) in [4.78, 5) is 7.29. The summed E-state index contributed by atoms with van der Waals surface area (Å²) >= 11 is 1.58. The summed E-state index contributed by atoms with van der Waals surface area (Å²) in [6.45, 7) is 2.12. The Bertz CT molecular complexity index is 1060. The Morgan fingerprint density at radius 1 is 1.19 bits per heavy atom. The van der Waals surface area contributed by atoms with Crippen molar-refractivity contribution in [1.82, 2.24) is 34.9 Å². The van der Waals surface area contributed by atoms with Gasteiger partial charge in [-0.05, 0) is 38.1 Å². The van der Waals surface area contributed by atoms with Gasteiger partial charge in [0.1, 0.15) is 16.3 Å². The molecule has 8 nitrogen and oxygen atoms in total. The topological polar surface area (TPSA) is 82.2 Å². The second-order valence-corrected chi connectivity index (χ2v) is 7.52. The lowest BCUT2D eigenvalue weighted by Gasteiger charge is -2.20. The summed E-state index contributed by atoms with van der Waals surface area (Å²) in [5.74, 6) is 1.23. The molecule has 0 unspecified atom stereocenters. The number of piperidine rings is 1. The smallest absolute Gasteiger partial charge is 0.212 e. The van der Waals surface area contributed by atoms with Crippen LogP contribution in [0, 0.1) is 0 Å². The molecule has 134 valence electrons. The summed E-state index contributed by atoms with van der Waals surface area (Å²) in [6, 6.07) is 3.96. The van der Waals surface area contributed by atoms with Gasteiger partial charge in [-0.2, -0.15) is 15.0 Å². The zero-order valence-corrected chi connectivity index (χ0v) is 15.5. The third-order valence-electron chi connectivity index (χ3n) is 4.84. The van der Waals surface area contributed by atoms with E-state index in [1.807, 2.05) is 16.6 Å². The zero-order valence-electron chi connectivity index (χ0n) is 14.6. The molecule has 0 aliphatic carbocycles. The van der Waals surface area contributed by atoms with Gasteiger partial charge in [-0.25, -0.2) is 9.50 Å². The van der Waals surface area contributed by atoms with Gasteiger partial charge in [0.2, 0.25) is 4.96 Å². The molecule has 9 heteroatoms. The number of aryl methyl sites for hydroxylation is 1. The quantitative estimate of drug-likeness (QED) is 0.596. The van der Waals surface area contributed by atoms with Gasteiger partial charge < -0.3 is 10.1 Å². The van der Waals surface area contributed by atoms with Gasteiger partial charge in [0.05, 0.1) is 19.0 Å². The molecule has 4 heterocycles. The molecule has 1 saturated heterocycles. The first kappa shape index (κ1) is 15.7. The summed E-state index contributed by atoms with van der Waals surface area (Å²) in [6.07, 6.45) is 4.35. The van der Waals surface area contributed by atoms with Crippen LogP contribution >= 0.6 is 11.3 Å². The third kappa shape index (κ3) is 2.55. The van der Waals surface area contributed by atoms with Crippen LogP contribution in [0.15, 0.2) is 18.3 Å². The molecule has 0 saturated carbocycles. The Labute approximate surface area is 153 Å². The molecule has 0 atom stereocenters. The van der Waals surface area contributed by atoms with Crippen LogP contribution in [0.25, 0.3) is 26.6 Å². The number of hydrogen-bond acceptors (Lipinski definition) is 7. The highest BCUT2D eigenvalue weighted by molar-refractivity contribution is 7.19. The zero-order chi connectivity index (χ0) is 17.7. The lowest BCUT2D eigenvalue weighted by molar-refractivity contribution is 0.418. The van der Waals surface area contributed by atoms with Crippen LogP contribution in [-0.4, -0.2) is 49.8 Å². The van der Waals surface area contributed by atoms with Gasteiger partial charge in [0, 0.05) is 18.5 Å². The number of hydrogen-bond donors (Lipinski definition) is 1. The van der Waals surface area contributed by atoms with Gasteiger partial charge in [0.15, 0.2) is 5.52 Å². The summed E-state index contributed by atoms with van der Waals surface area (Å²) in [7, 11) is 3.45. The van der Waals surface area contributed by atoms with Crippen molar-refractivity contribution in [2.45, 2.75) is 18.8 Å². The molecule has 1 aromatic carbocycles. The summed E-state index contributed by atoms with van der Waals surface area (Å²) < 4.78 is 7.38. The number of ether oxygens (including phenoxy) is 1. The second-order valence-electron chi connectivity index (χ2n) is 6.56. The minimum atomic E-state index is 0.532. The van der Waals surface area contributed by atoms with E-state index in [1.165, 1.54) is 0 Å². The van der Waals surface area contributed by atoms with E-state index in [0.29, 0.717) is 11.7 Å². The van der Waals surface area contributed by atoms with Gasteiger partial charge in [-0.1, -0.05) is 11.3 Å². The minimum Gasteiger partial charge on any atom is -0.494 e. The highest BCUT2D eigenvalue weighted by Gasteiger charge is 2.20. The molecule has 1 fully saturated rings. The lowest BCUT2D eigenvalue weighted by Crippen LogP contribution is -2.26. The number of methoxy groups -OCH3 is 1. The third-order valence-corrected chi connectivity index (χ3v) is 5.81. The fourth-order valence-electron chi connectivity index (χ4n) is 3.52. The molecule has 3 aromatic heterocycles. The molecule has 1 aliphatic heterocycles. The molecule has 0 radical (unpaired) electrons. The van der Waals surface area contributed by atoms with E-state index in [0.717, 1.165) is 58.2 Å². The molecule has 4 aromatic rings. The van der Waals surface area contributed by atoms with Gasteiger partial charge in [-0.15, -0.1) is 5.10 Å². The van der Waals surface area contributed by atoms with E-state index in [-0.39, 0.29) is 0 Å². The van der Waals surface area contributed by atoms with Gasteiger partial charge in [-0.3, -0.25) is 0 Å². The van der Waals surface area contributed by atoms with Crippen molar-refractivity contribution in [3.05, 3.63) is 24.0 Å². The van der Waals surface area contributed by atoms with Crippen LogP contribution in [0.1, 0.15) is 24.5 Å². The highest BCUT2D eigenvalue weighted by Crippen LogP contribution is 2.34. The first-order chi connectivity index (χ1) is 12.7. The van der Waals surface area contributed by atoms with Crippen molar-refractivity contribution in [3.63, 3.8) is 0 Å². The average molecular weight is 369 g/mol. The fraction of sp³-hybridized carbons (Fsp3) is 0.412. The summed E-state index contributed by atoms with van der Waals surface area (Å²) in [5.41, 5.74) is 3.67. The highest BCUT2D eigenvalue weighted by atomic mass is 32.1. The Hall–Kier alpha value is -2.52. The predicted molar refractivity (Wildman–Crippen MR) is 99.8 cm³/mol. The van der Waals surface area contributed by atoms with E-state index in [1.54, 1.807) is 30.3 Å². The van der Waals surface area contributed by atoms with E-state index < -0.39 is 0 Å². The van der Waals surface area contributed by atoms with Crippen LogP contribution in [-0.2, 0) is 7.05 Å². The number of nitrogens with zero attached hydrogens (tertiary/aromatic N) is 6. The van der Waals surface area contributed by atoms with E-state index in [2.05, 4.69) is 21.7 Å². The lowest BCUT2D eigenvalue weighted by atomic mass is 9.95. The van der Waals surface area contributed by atoms with Crippen molar-refractivity contribution in [3.8, 4) is 16.3 Å². The first-order valence-electron chi connectivity index (χ1n) is 8.67. The van der Waals surface area contributed by atoms with E-state index >= 15 is 0 Å². The van der Waals surface area contributed by atoms with Crippen LogP contribution in [0.3, 0.4) is 0 Å². The normalized spacial score (nSPS) is 15.9. The molecule has 26 heavy (non-hydrogen) atoms. The molecule has 0 bridgehead atoms. The standard InChI is InChI=1S/C17H19N7OS/c1-23-20-12-7-11(8-14(25-2)15(12)21-23)16-22-24-9-13(19-17(24)26-16)10-3-5-18-6-4-10/h7-10,18H,3-6H2,1-2H3. The Kier molecular flexibility index (Phi) is 3.64. The first-order valence-corrected chi connectivity index (χ1v) is 9.49. The van der Waals surface area contributed by atoms with Crippen LogP contribution in [0.4, 0.5) is 0 Å². The maximum absolute atomic E-state index is 5.49. The molecule has 5 rings (SSSR count). The summed E-state index contributed by atoms with van der Waals surface area (Å²) in [5, 5.41) is 17.8. The van der Waals surface area contributed by atoms with Crippen molar-refractivity contribution in [1.29, 1.82) is 0 Å². The van der Waals surface area contributed by atoms with E-state index in [4.69, 9.17) is 14.8 Å². The van der Waals surface area contributed by atoms with Crippen LogP contribution in [0.2, 0.25) is 0 Å². The van der Waals surface area contributed by atoms with Crippen molar-refractivity contribution >= 4 is 27.3 Å². The maximum atomic E-state index is 5.49. The fourth-order valence-corrected chi connectivity index (χ4v) is 4.40. The van der Waals surface area contributed by atoms with Crippen LogP contribution in [0.5, 0.6) is 5.75 Å². The number of rotatable bonds is 3. The largest absolute Gasteiger partial charge is 0.494 e. The number of aromatic nitrogens is 6. The number of benzene rings is 1. The maximum Gasteiger partial charge on any atom is 0.212 e. The second kappa shape index (κ2) is 6.03. The Morgan fingerprint density at radius 3 is 2.81 bits per heavy atom. The monoisotopic (exact) mass is 369 g/mol. The van der Waals surface area contributed by atoms with E-state index in [9.17, 15) is 0 Å². The molecule has 0 spiro atoms. The van der Waals surface area contributed by atoms with Crippen LogP contribution < -0.4 is 10.1 Å². The predicted octanol–water partition coefficient (Wildman–Crippen LogP) is 2.22. The average Bonchev–Trinajstić information content (AvgIpc) is 3.33. The molecule has 0 amide bonds. The minimum absolute atomic E-state index is 0.532. The molecule has 1 aliphatic rings. The molecular weight excluding hydrogens is 350 g/mol. The SMILES string of the molecule is COc1cc(-c2nn3cc(C4CCNCC4)nc3s2)cc2nn(C)nc12. The number of imidazole rings is 1. The Balaban J connectivity index is 1.54. The van der Waals surface area contributed by atoms with Crippen molar-refractivity contribution in [2.75, 3.05) is 20.2 Å². The molecular formula is C17H19N7OS. The number of nitrogens with one attached hydrogen (secondary N) is 1. The number of fused-ring (bicyclic) bond motifs is 2. The van der Waals surface area contributed by atoms with Gasteiger partial charge in [0.25, 0.3) is 0 Å². The van der Waals surface area contributed by atoms with Crippen molar-refractivity contribution < 1.29 is 4.74 Å². The molecule has 1 N–H and O–H groups in total. The van der Waals surface area contributed by atoms with Crippen molar-refractivity contribution in [2.24, 2.45) is 7.05 Å². The van der Waals surface area contributed by atoms with Gasteiger partial charge >= 0.3 is 0 Å². The Morgan fingerprint density at radius 2 is 2.04 bits per heavy atom.